The molecule has 8 nitrogen and oxygen atoms in total. The topological polar surface area (TPSA) is 111 Å². The Balaban J connectivity index is 2.39. The molecule has 0 fully saturated rings. The zero-order valence-electron chi connectivity index (χ0n) is 13.4. The van der Waals surface area contributed by atoms with Gasteiger partial charge in [-0.15, -0.1) is 0 Å². The summed E-state index contributed by atoms with van der Waals surface area (Å²) < 4.78 is 5.19. The van der Waals surface area contributed by atoms with Crippen molar-refractivity contribution < 1.29 is 14.2 Å². The first-order valence-corrected chi connectivity index (χ1v) is 7.15. The number of nitrogens with one attached hydrogen (secondary N) is 1. The molecule has 0 aliphatic heterocycles. The molecule has 0 bridgehead atoms. The standard InChI is InChI=1S/C15H18N4O4/c1-5-10-6-7-11(8-12(10)19(21)22)13-16-14(18-23-13)15(3,4)17-9(2)20/h6-8H,5H2,1-4H3,(H,17,20). The highest BCUT2D eigenvalue weighted by atomic mass is 16.6. The van der Waals surface area contributed by atoms with Gasteiger partial charge in [-0.1, -0.05) is 18.1 Å². The van der Waals surface area contributed by atoms with E-state index in [4.69, 9.17) is 4.52 Å². The number of hydrogen-bond acceptors (Lipinski definition) is 6. The van der Waals surface area contributed by atoms with E-state index in [1.807, 2.05) is 6.92 Å². The molecule has 1 amide bonds. The second kappa shape index (κ2) is 6.15. The number of nitrogens with zero attached hydrogens (tertiary/aromatic N) is 3. The Morgan fingerprint density at radius 1 is 1.43 bits per heavy atom. The summed E-state index contributed by atoms with van der Waals surface area (Å²) in [6.45, 7) is 6.73. The number of carbonyl (C=O) groups excluding carboxylic acids is 1. The second-order valence-electron chi connectivity index (χ2n) is 5.68. The summed E-state index contributed by atoms with van der Waals surface area (Å²) in [5.41, 5.74) is 0.317. The van der Waals surface area contributed by atoms with E-state index >= 15 is 0 Å². The number of carbonyl (C=O) groups is 1. The van der Waals surface area contributed by atoms with E-state index in [-0.39, 0.29) is 17.5 Å². The fourth-order valence-corrected chi connectivity index (χ4v) is 2.26. The minimum atomic E-state index is -0.803. The van der Waals surface area contributed by atoms with Gasteiger partial charge in [0, 0.05) is 24.1 Å². The molecule has 0 unspecified atom stereocenters. The minimum Gasteiger partial charge on any atom is -0.344 e. The predicted molar refractivity (Wildman–Crippen MR) is 82.6 cm³/mol. The van der Waals surface area contributed by atoms with Crippen molar-refractivity contribution in [3.8, 4) is 11.5 Å². The molecular weight excluding hydrogens is 300 g/mol. The predicted octanol–water partition coefficient (Wildman–Crippen LogP) is 2.58. The van der Waals surface area contributed by atoms with Crippen molar-refractivity contribution in [1.82, 2.24) is 15.5 Å². The van der Waals surface area contributed by atoms with Gasteiger partial charge in [0.2, 0.25) is 5.91 Å². The first-order chi connectivity index (χ1) is 10.7. The van der Waals surface area contributed by atoms with Crippen LogP contribution >= 0.6 is 0 Å². The first-order valence-electron chi connectivity index (χ1n) is 7.15. The summed E-state index contributed by atoms with van der Waals surface area (Å²) in [6, 6.07) is 4.80. The number of aromatic nitrogens is 2. The van der Waals surface area contributed by atoms with E-state index in [0.717, 1.165) is 0 Å². The molecule has 1 heterocycles. The van der Waals surface area contributed by atoms with Gasteiger partial charge in [0.05, 0.1) is 10.5 Å². The van der Waals surface area contributed by atoms with E-state index < -0.39 is 10.5 Å². The van der Waals surface area contributed by atoms with E-state index in [9.17, 15) is 14.9 Å². The summed E-state index contributed by atoms with van der Waals surface area (Å²) in [4.78, 5) is 26.2. The fraction of sp³-hybridized carbons (Fsp3) is 0.400. The normalized spacial score (nSPS) is 11.3. The van der Waals surface area contributed by atoms with Crippen LogP contribution in [-0.4, -0.2) is 21.0 Å². The zero-order chi connectivity index (χ0) is 17.2. The maximum absolute atomic E-state index is 11.2. The van der Waals surface area contributed by atoms with Crippen LogP contribution in [0.15, 0.2) is 22.7 Å². The van der Waals surface area contributed by atoms with Crippen LogP contribution in [0.4, 0.5) is 5.69 Å². The third-order valence-electron chi connectivity index (χ3n) is 3.38. The summed E-state index contributed by atoms with van der Waals surface area (Å²) in [6.07, 6.45) is 0.557. The van der Waals surface area contributed by atoms with Crippen molar-refractivity contribution in [2.24, 2.45) is 0 Å². The number of rotatable bonds is 5. The van der Waals surface area contributed by atoms with E-state index in [2.05, 4.69) is 15.5 Å². The summed E-state index contributed by atoms with van der Waals surface area (Å²) in [7, 11) is 0. The van der Waals surface area contributed by atoms with Crippen molar-refractivity contribution in [3.63, 3.8) is 0 Å². The van der Waals surface area contributed by atoms with E-state index in [0.29, 0.717) is 23.4 Å². The van der Waals surface area contributed by atoms with Gasteiger partial charge in [0.25, 0.3) is 11.6 Å². The van der Waals surface area contributed by atoms with Crippen LogP contribution in [0.2, 0.25) is 0 Å². The lowest BCUT2D eigenvalue weighted by atomic mass is 10.0. The van der Waals surface area contributed by atoms with Crippen molar-refractivity contribution >= 4 is 11.6 Å². The zero-order valence-corrected chi connectivity index (χ0v) is 13.4. The molecular formula is C15H18N4O4. The Morgan fingerprint density at radius 2 is 2.13 bits per heavy atom. The number of amides is 1. The smallest absolute Gasteiger partial charge is 0.273 e. The van der Waals surface area contributed by atoms with Gasteiger partial charge in [-0.05, 0) is 26.3 Å². The van der Waals surface area contributed by atoms with E-state index in [1.165, 1.54) is 13.0 Å². The highest BCUT2D eigenvalue weighted by molar-refractivity contribution is 5.73. The number of benzene rings is 1. The molecule has 0 spiro atoms. The summed E-state index contributed by atoms with van der Waals surface area (Å²) in [5, 5.41) is 17.7. The lowest BCUT2D eigenvalue weighted by Gasteiger charge is -2.20. The molecule has 122 valence electrons. The third-order valence-corrected chi connectivity index (χ3v) is 3.38. The van der Waals surface area contributed by atoms with Gasteiger partial charge in [-0.2, -0.15) is 4.98 Å². The molecule has 0 saturated carbocycles. The number of nitro groups is 1. The van der Waals surface area contributed by atoms with Gasteiger partial charge >= 0.3 is 0 Å². The van der Waals surface area contributed by atoms with Gasteiger partial charge in [-0.25, -0.2) is 0 Å². The average Bonchev–Trinajstić information content (AvgIpc) is 2.95. The Kier molecular flexibility index (Phi) is 4.44. The van der Waals surface area contributed by atoms with Gasteiger partial charge in [0.1, 0.15) is 0 Å². The third kappa shape index (κ3) is 3.53. The quantitative estimate of drug-likeness (QED) is 0.670. The van der Waals surface area contributed by atoms with Crippen LogP contribution in [-0.2, 0) is 16.8 Å². The lowest BCUT2D eigenvalue weighted by Crippen LogP contribution is -2.40. The van der Waals surface area contributed by atoms with Gasteiger partial charge < -0.3 is 9.84 Å². The highest BCUT2D eigenvalue weighted by Gasteiger charge is 2.28. The van der Waals surface area contributed by atoms with Crippen molar-refractivity contribution in [3.05, 3.63) is 39.7 Å². The van der Waals surface area contributed by atoms with Crippen LogP contribution in [0.3, 0.4) is 0 Å². The van der Waals surface area contributed by atoms with Crippen molar-refractivity contribution in [2.45, 2.75) is 39.7 Å². The molecule has 8 heteroatoms. The Hall–Kier alpha value is -2.77. The molecule has 0 atom stereocenters. The van der Waals surface area contributed by atoms with Crippen LogP contribution < -0.4 is 5.32 Å². The largest absolute Gasteiger partial charge is 0.344 e. The Morgan fingerprint density at radius 3 is 2.70 bits per heavy atom. The first kappa shape index (κ1) is 16.6. The molecule has 23 heavy (non-hydrogen) atoms. The summed E-state index contributed by atoms with van der Waals surface area (Å²) >= 11 is 0. The molecule has 1 aromatic carbocycles. The summed E-state index contributed by atoms with van der Waals surface area (Å²) in [5.74, 6) is 0.249. The van der Waals surface area contributed by atoms with Crippen molar-refractivity contribution in [2.75, 3.05) is 0 Å². The monoisotopic (exact) mass is 318 g/mol. The number of nitro benzene ring substituents is 1. The molecule has 1 N–H and O–H groups in total. The van der Waals surface area contributed by atoms with Crippen LogP contribution in [0, 0.1) is 10.1 Å². The Labute approximate surface area is 133 Å². The number of hydrogen-bond donors (Lipinski definition) is 1. The Bertz CT molecular complexity index is 752. The molecule has 0 aliphatic carbocycles. The lowest BCUT2D eigenvalue weighted by molar-refractivity contribution is -0.385. The molecule has 0 aliphatic rings. The van der Waals surface area contributed by atoms with Gasteiger partial charge in [-0.3, -0.25) is 14.9 Å². The molecule has 1 aromatic heterocycles. The number of aryl methyl sites for hydroxylation is 1. The fourth-order valence-electron chi connectivity index (χ4n) is 2.26. The average molecular weight is 318 g/mol. The van der Waals surface area contributed by atoms with E-state index in [1.54, 1.807) is 26.0 Å². The molecule has 0 saturated heterocycles. The van der Waals surface area contributed by atoms with Crippen LogP contribution in [0.1, 0.15) is 39.1 Å². The van der Waals surface area contributed by atoms with Crippen molar-refractivity contribution in [1.29, 1.82) is 0 Å². The highest BCUT2D eigenvalue weighted by Crippen LogP contribution is 2.28. The minimum absolute atomic E-state index is 0.0193. The SMILES string of the molecule is CCc1ccc(-c2nc(C(C)(C)NC(C)=O)no2)cc1[N+](=O)[O-]. The maximum Gasteiger partial charge on any atom is 0.273 e. The van der Waals surface area contributed by atoms with Crippen LogP contribution in [0.25, 0.3) is 11.5 Å². The maximum atomic E-state index is 11.2. The molecule has 2 rings (SSSR count). The second-order valence-corrected chi connectivity index (χ2v) is 5.68. The van der Waals surface area contributed by atoms with Crippen LogP contribution in [0.5, 0.6) is 0 Å². The van der Waals surface area contributed by atoms with Gasteiger partial charge in [0.15, 0.2) is 5.82 Å². The molecule has 0 radical (unpaired) electrons. The molecule has 2 aromatic rings.